The first-order chi connectivity index (χ1) is 15.0. The predicted molar refractivity (Wildman–Crippen MR) is 113 cm³/mol. The third-order valence-corrected chi connectivity index (χ3v) is 5.43. The number of nitrogens with zero attached hydrogens (tertiary/aromatic N) is 3. The molecule has 0 atom stereocenters. The first-order valence-corrected chi connectivity index (χ1v) is 10.1. The molecule has 0 spiro atoms. The lowest BCUT2D eigenvalue weighted by molar-refractivity contribution is -0.120. The normalized spacial score (nSPS) is 10.8. The van der Waals surface area contributed by atoms with Crippen LogP contribution >= 0.6 is 11.3 Å². The highest BCUT2D eigenvalue weighted by atomic mass is 32.1. The van der Waals surface area contributed by atoms with Gasteiger partial charge in [-0.2, -0.15) is 0 Å². The van der Waals surface area contributed by atoms with Gasteiger partial charge >= 0.3 is 0 Å². The van der Waals surface area contributed by atoms with Gasteiger partial charge in [0.1, 0.15) is 22.8 Å². The van der Waals surface area contributed by atoms with E-state index in [1.807, 2.05) is 0 Å². The Bertz CT molecular complexity index is 1200. The van der Waals surface area contributed by atoms with Crippen molar-refractivity contribution in [1.29, 1.82) is 0 Å². The van der Waals surface area contributed by atoms with E-state index in [1.54, 1.807) is 55.8 Å². The summed E-state index contributed by atoms with van der Waals surface area (Å²) in [6.07, 6.45) is 1.61. The maximum atomic E-state index is 14.1. The standard InChI is InChI=1S/C22H17F2N3O3S/c1-29-16-5-7-17(8-6-16)30-13-20(28)27(12-15-4-2-3-9-25-15)22-26-21-18(24)10-14(23)11-19(21)31-22/h2-11H,12-13H2,1H3. The molecular weight excluding hydrogens is 424 g/mol. The first-order valence-electron chi connectivity index (χ1n) is 9.26. The predicted octanol–water partition coefficient (Wildman–Crippen LogP) is 4.59. The largest absolute Gasteiger partial charge is 0.497 e. The Labute approximate surface area is 180 Å². The topological polar surface area (TPSA) is 64.6 Å². The average molecular weight is 441 g/mol. The van der Waals surface area contributed by atoms with E-state index < -0.39 is 17.5 Å². The minimum absolute atomic E-state index is 0.0105. The van der Waals surface area contributed by atoms with Crippen LogP contribution in [0, 0.1) is 11.6 Å². The molecule has 2 heterocycles. The van der Waals surface area contributed by atoms with E-state index in [0.717, 1.165) is 17.4 Å². The summed E-state index contributed by atoms with van der Waals surface area (Å²) in [6.45, 7) is -0.165. The van der Waals surface area contributed by atoms with E-state index in [1.165, 1.54) is 11.0 Å². The van der Waals surface area contributed by atoms with Crippen LogP contribution in [0.4, 0.5) is 13.9 Å². The summed E-state index contributed by atoms with van der Waals surface area (Å²) in [7, 11) is 1.56. The second-order valence-electron chi connectivity index (χ2n) is 6.50. The summed E-state index contributed by atoms with van der Waals surface area (Å²) < 4.78 is 38.7. The molecule has 0 saturated heterocycles. The van der Waals surface area contributed by atoms with Crippen molar-refractivity contribution in [2.75, 3.05) is 18.6 Å². The van der Waals surface area contributed by atoms with E-state index in [2.05, 4.69) is 9.97 Å². The molecule has 9 heteroatoms. The SMILES string of the molecule is COc1ccc(OCC(=O)N(Cc2ccccn2)c2nc3c(F)cc(F)cc3s2)cc1. The van der Waals surface area contributed by atoms with Crippen molar-refractivity contribution in [2.45, 2.75) is 6.54 Å². The molecule has 2 aromatic heterocycles. The minimum Gasteiger partial charge on any atom is -0.497 e. The van der Waals surface area contributed by atoms with Gasteiger partial charge in [-0.25, -0.2) is 13.8 Å². The number of aromatic nitrogens is 2. The van der Waals surface area contributed by atoms with Crippen LogP contribution in [0.25, 0.3) is 10.2 Å². The van der Waals surface area contributed by atoms with Crippen LogP contribution in [-0.2, 0) is 11.3 Å². The van der Waals surface area contributed by atoms with Gasteiger partial charge in [-0.3, -0.25) is 14.7 Å². The zero-order valence-corrected chi connectivity index (χ0v) is 17.2. The molecule has 0 fully saturated rings. The van der Waals surface area contributed by atoms with E-state index in [9.17, 15) is 13.6 Å². The number of fused-ring (bicyclic) bond motifs is 1. The van der Waals surface area contributed by atoms with Crippen molar-refractivity contribution in [3.63, 3.8) is 0 Å². The molecule has 2 aromatic carbocycles. The monoisotopic (exact) mass is 441 g/mol. The van der Waals surface area contributed by atoms with Crippen LogP contribution in [0.1, 0.15) is 5.69 Å². The molecule has 0 saturated carbocycles. The summed E-state index contributed by atoms with van der Waals surface area (Å²) in [5.74, 6) is -0.729. The zero-order valence-electron chi connectivity index (χ0n) is 16.4. The van der Waals surface area contributed by atoms with Crippen molar-refractivity contribution in [3.8, 4) is 11.5 Å². The molecule has 0 aliphatic carbocycles. The quantitative estimate of drug-likeness (QED) is 0.420. The third kappa shape index (κ3) is 4.77. The number of benzene rings is 2. The molecule has 0 unspecified atom stereocenters. The van der Waals surface area contributed by atoms with Gasteiger partial charge < -0.3 is 9.47 Å². The summed E-state index contributed by atoms with van der Waals surface area (Å²) in [6, 6.07) is 14.1. The van der Waals surface area contributed by atoms with Gasteiger partial charge in [0, 0.05) is 12.3 Å². The van der Waals surface area contributed by atoms with Gasteiger partial charge in [-0.1, -0.05) is 17.4 Å². The number of methoxy groups -OCH3 is 1. The van der Waals surface area contributed by atoms with Gasteiger partial charge in [0.05, 0.1) is 24.0 Å². The summed E-state index contributed by atoms with van der Waals surface area (Å²) in [5, 5.41) is 0.230. The molecule has 6 nitrogen and oxygen atoms in total. The number of amides is 1. The van der Waals surface area contributed by atoms with Crippen LogP contribution in [0.3, 0.4) is 0 Å². The molecule has 158 valence electrons. The highest BCUT2D eigenvalue weighted by Crippen LogP contribution is 2.32. The maximum Gasteiger partial charge on any atom is 0.267 e. The zero-order chi connectivity index (χ0) is 21.8. The molecule has 0 bridgehead atoms. The van der Waals surface area contributed by atoms with E-state index in [-0.39, 0.29) is 23.8 Å². The summed E-state index contributed by atoms with van der Waals surface area (Å²) in [5.41, 5.74) is 0.627. The molecule has 0 aliphatic heterocycles. The number of halogens is 2. The van der Waals surface area contributed by atoms with Gasteiger partial charge in [0.15, 0.2) is 17.6 Å². The van der Waals surface area contributed by atoms with Crippen molar-refractivity contribution in [3.05, 3.63) is 78.1 Å². The lowest BCUT2D eigenvalue weighted by Crippen LogP contribution is -2.34. The second-order valence-corrected chi connectivity index (χ2v) is 7.51. The van der Waals surface area contributed by atoms with Gasteiger partial charge in [-0.15, -0.1) is 0 Å². The Morgan fingerprint density at radius 3 is 2.58 bits per heavy atom. The van der Waals surface area contributed by atoms with Crippen molar-refractivity contribution in [2.24, 2.45) is 0 Å². The summed E-state index contributed by atoms with van der Waals surface area (Å²) in [4.78, 5) is 22.8. The highest BCUT2D eigenvalue weighted by Gasteiger charge is 2.22. The number of carbonyl (C=O) groups excluding carboxylic acids is 1. The number of pyridine rings is 1. The fraction of sp³-hybridized carbons (Fsp3) is 0.136. The molecule has 0 aliphatic rings. The van der Waals surface area contributed by atoms with Crippen molar-refractivity contribution >= 4 is 32.6 Å². The lowest BCUT2D eigenvalue weighted by atomic mass is 10.3. The molecular formula is C22H17F2N3O3S. The molecule has 0 radical (unpaired) electrons. The van der Waals surface area contributed by atoms with Crippen LogP contribution in [0.2, 0.25) is 0 Å². The third-order valence-electron chi connectivity index (χ3n) is 4.40. The highest BCUT2D eigenvalue weighted by molar-refractivity contribution is 7.22. The van der Waals surface area contributed by atoms with E-state index in [0.29, 0.717) is 21.9 Å². The van der Waals surface area contributed by atoms with Crippen LogP contribution in [0.15, 0.2) is 60.8 Å². The Balaban J connectivity index is 1.60. The van der Waals surface area contributed by atoms with Crippen LogP contribution in [-0.4, -0.2) is 29.6 Å². The van der Waals surface area contributed by atoms with Gasteiger partial charge in [-0.05, 0) is 42.5 Å². The molecule has 4 aromatic rings. The number of ether oxygens (including phenoxy) is 2. The molecule has 1 amide bonds. The van der Waals surface area contributed by atoms with Gasteiger partial charge in [0.2, 0.25) is 0 Å². The number of hydrogen-bond donors (Lipinski definition) is 0. The Kier molecular flexibility index (Phi) is 6.03. The fourth-order valence-electron chi connectivity index (χ4n) is 2.87. The van der Waals surface area contributed by atoms with E-state index >= 15 is 0 Å². The Morgan fingerprint density at radius 2 is 1.87 bits per heavy atom. The van der Waals surface area contributed by atoms with Crippen LogP contribution < -0.4 is 14.4 Å². The average Bonchev–Trinajstić information content (AvgIpc) is 3.21. The molecule has 31 heavy (non-hydrogen) atoms. The Morgan fingerprint density at radius 1 is 1.10 bits per heavy atom. The Hall–Kier alpha value is -3.59. The number of hydrogen-bond acceptors (Lipinski definition) is 6. The minimum atomic E-state index is -0.780. The summed E-state index contributed by atoms with van der Waals surface area (Å²) >= 11 is 1.02. The lowest BCUT2D eigenvalue weighted by Gasteiger charge is -2.19. The molecule has 4 rings (SSSR count). The number of carbonyl (C=O) groups is 1. The smallest absolute Gasteiger partial charge is 0.267 e. The second kappa shape index (κ2) is 9.05. The number of rotatable bonds is 7. The van der Waals surface area contributed by atoms with Crippen molar-refractivity contribution < 1.29 is 23.0 Å². The van der Waals surface area contributed by atoms with Gasteiger partial charge in [0.25, 0.3) is 5.91 Å². The number of anilines is 1. The number of thiazole rings is 1. The van der Waals surface area contributed by atoms with Crippen LogP contribution in [0.5, 0.6) is 11.5 Å². The molecule has 0 N–H and O–H groups in total. The fourth-order valence-corrected chi connectivity index (χ4v) is 3.89. The van der Waals surface area contributed by atoms with Crippen molar-refractivity contribution in [1.82, 2.24) is 9.97 Å². The van der Waals surface area contributed by atoms with E-state index in [4.69, 9.17) is 9.47 Å². The first kappa shape index (κ1) is 20.7. The maximum absolute atomic E-state index is 14.1.